The molecule has 0 saturated heterocycles. The lowest BCUT2D eigenvalue weighted by Crippen LogP contribution is -2.43. The summed E-state index contributed by atoms with van der Waals surface area (Å²) in [6.07, 6.45) is 7.45. The molecule has 0 spiro atoms. The van der Waals surface area contributed by atoms with Crippen molar-refractivity contribution in [2.24, 2.45) is 17.8 Å². The highest BCUT2D eigenvalue weighted by Gasteiger charge is 2.42. The van der Waals surface area contributed by atoms with Gasteiger partial charge < -0.3 is 5.32 Å². The average molecular weight is 358 g/mol. The number of amides is 1. The van der Waals surface area contributed by atoms with Crippen LogP contribution in [0.4, 0.5) is 0 Å². The summed E-state index contributed by atoms with van der Waals surface area (Å²) in [6, 6.07) is 0.294. The van der Waals surface area contributed by atoms with E-state index >= 15 is 0 Å². The fraction of sp³-hybridized carbons (Fsp3) is 0.800. The number of hydrogen-bond donors (Lipinski definition) is 1. The van der Waals surface area contributed by atoms with Crippen LogP contribution >= 0.6 is 34.9 Å². The Bertz CT molecular complexity index is 536. The van der Waals surface area contributed by atoms with Gasteiger partial charge in [-0.3, -0.25) is 4.79 Å². The molecule has 3 rings (SSSR count). The van der Waals surface area contributed by atoms with Crippen LogP contribution in [0.2, 0.25) is 0 Å². The van der Waals surface area contributed by atoms with Gasteiger partial charge in [0.05, 0.1) is 5.25 Å². The highest BCUT2D eigenvalue weighted by atomic mass is 32.2. The Morgan fingerprint density at radius 3 is 2.64 bits per heavy atom. The van der Waals surface area contributed by atoms with Crippen molar-refractivity contribution in [1.29, 1.82) is 0 Å². The molecule has 0 aromatic carbocycles. The van der Waals surface area contributed by atoms with Gasteiger partial charge in [0.15, 0.2) is 8.68 Å². The summed E-state index contributed by atoms with van der Waals surface area (Å²) in [5.41, 5.74) is 0. The third kappa shape index (κ3) is 3.62. The summed E-state index contributed by atoms with van der Waals surface area (Å²) in [4.78, 5) is 12.4. The van der Waals surface area contributed by atoms with Crippen LogP contribution in [0, 0.1) is 17.8 Å². The first kappa shape index (κ1) is 16.6. The molecule has 1 aromatic heterocycles. The summed E-state index contributed by atoms with van der Waals surface area (Å²) in [7, 11) is 0. The second kappa shape index (κ2) is 7.09. The molecule has 0 radical (unpaired) electrons. The first-order valence-corrected chi connectivity index (χ1v) is 10.8. The van der Waals surface area contributed by atoms with Crippen LogP contribution in [-0.2, 0) is 4.79 Å². The summed E-state index contributed by atoms with van der Waals surface area (Å²) in [6.45, 7) is 4.13. The van der Waals surface area contributed by atoms with E-state index in [9.17, 15) is 4.79 Å². The lowest BCUT2D eigenvalue weighted by atomic mass is 9.84. The van der Waals surface area contributed by atoms with Crippen molar-refractivity contribution in [3.05, 3.63) is 0 Å². The number of carbonyl (C=O) groups is 1. The maximum Gasteiger partial charge on any atom is 0.233 e. The molecule has 2 bridgehead atoms. The van der Waals surface area contributed by atoms with Gasteiger partial charge in [-0.05, 0) is 57.1 Å². The zero-order valence-electron chi connectivity index (χ0n) is 13.2. The minimum atomic E-state index is -0.122. The van der Waals surface area contributed by atoms with E-state index < -0.39 is 0 Å². The minimum absolute atomic E-state index is 0.122. The third-order valence-corrected chi connectivity index (χ3v) is 8.10. The molecule has 1 heterocycles. The van der Waals surface area contributed by atoms with Gasteiger partial charge in [-0.25, -0.2) is 0 Å². The van der Waals surface area contributed by atoms with Gasteiger partial charge in [0.2, 0.25) is 5.91 Å². The zero-order valence-corrected chi connectivity index (χ0v) is 15.7. The van der Waals surface area contributed by atoms with Crippen molar-refractivity contribution in [3.63, 3.8) is 0 Å². The number of aromatic nitrogens is 2. The summed E-state index contributed by atoms with van der Waals surface area (Å²) < 4.78 is 1.82. The van der Waals surface area contributed by atoms with E-state index in [0.717, 1.165) is 20.5 Å². The number of thioether (sulfide) groups is 2. The van der Waals surface area contributed by atoms with E-state index in [1.54, 1.807) is 23.1 Å². The quantitative estimate of drug-likeness (QED) is 0.787. The Balaban J connectivity index is 1.50. The maximum absolute atomic E-state index is 12.4. The SMILES string of the molecule is CSc1nnc(S[C@H](C)C(=O)N[C@H](C)[C@H]2C[C@H]3CC[C@H]2C3)s1. The van der Waals surface area contributed by atoms with E-state index in [-0.39, 0.29) is 11.2 Å². The number of fused-ring (bicyclic) bond motifs is 2. The van der Waals surface area contributed by atoms with Crippen molar-refractivity contribution in [2.45, 2.75) is 59.5 Å². The predicted molar refractivity (Wildman–Crippen MR) is 93.6 cm³/mol. The van der Waals surface area contributed by atoms with Crippen LogP contribution in [0.1, 0.15) is 39.5 Å². The highest BCUT2D eigenvalue weighted by Crippen LogP contribution is 2.49. The third-order valence-electron chi connectivity index (χ3n) is 5.01. The smallest absolute Gasteiger partial charge is 0.233 e. The van der Waals surface area contributed by atoms with E-state index in [1.165, 1.54) is 37.4 Å². The normalized spacial score (nSPS) is 29.5. The van der Waals surface area contributed by atoms with Crippen LogP contribution in [0.15, 0.2) is 8.68 Å². The molecule has 4 nitrogen and oxygen atoms in total. The molecule has 22 heavy (non-hydrogen) atoms. The monoisotopic (exact) mass is 357 g/mol. The Kier molecular flexibility index (Phi) is 5.35. The highest BCUT2D eigenvalue weighted by molar-refractivity contribution is 8.03. The van der Waals surface area contributed by atoms with Gasteiger partial charge in [0.1, 0.15) is 0 Å². The first-order chi connectivity index (χ1) is 10.6. The fourth-order valence-electron chi connectivity index (χ4n) is 3.89. The second-order valence-electron chi connectivity index (χ2n) is 6.43. The van der Waals surface area contributed by atoms with Gasteiger partial charge in [0, 0.05) is 6.04 Å². The Morgan fingerprint density at radius 1 is 1.27 bits per heavy atom. The Labute approximate surface area is 144 Å². The van der Waals surface area contributed by atoms with Gasteiger partial charge in [-0.1, -0.05) is 41.3 Å². The van der Waals surface area contributed by atoms with Crippen molar-refractivity contribution in [1.82, 2.24) is 15.5 Å². The number of hydrogen-bond acceptors (Lipinski definition) is 6. The molecule has 2 aliphatic carbocycles. The molecule has 0 unspecified atom stereocenters. The molecule has 5 atom stereocenters. The molecular weight excluding hydrogens is 334 g/mol. The molecule has 1 amide bonds. The van der Waals surface area contributed by atoms with Gasteiger partial charge >= 0.3 is 0 Å². The molecule has 1 N–H and O–H groups in total. The van der Waals surface area contributed by atoms with Crippen LogP contribution in [-0.4, -0.2) is 33.7 Å². The number of nitrogens with one attached hydrogen (secondary N) is 1. The molecule has 7 heteroatoms. The molecule has 1 aromatic rings. The second-order valence-corrected chi connectivity index (χ2v) is 10.1. The van der Waals surface area contributed by atoms with E-state index in [2.05, 4.69) is 22.4 Å². The van der Waals surface area contributed by atoms with Gasteiger partial charge in [0.25, 0.3) is 0 Å². The van der Waals surface area contributed by atoms with Crippen LogP contribution < -0.4 is 5.32 Å². The molecule has 0 aliphatic heterocycles. The maximum atomic E-state index is 12.4. The van der Waals surface area contributed by atoms with E-state index in [0.29, 0.717) is 12.0 Å². The van der Waals surface area contributed by atoms with Gasteiger partial charge in [-0.15, -0.1) is 10.2 Å². The predicted octanol–water partition coefficient (Wildman–Crippen LogP) is 3.68. The topological polar surface area (TPSA) is 54.9 Å². The van der Waals surface area contributed by atoms with Crippen molar-refractivity contribution < 1.29 is 4.79 Å². The Morgan fingerprint density at radius 2 is 2.05 bits per heavy atom. The van der Waals surface area contributed by atoms with E-state index in [1.807, 2.05) is 13.2 Å². The summed E-state index contributed by atoms with van der Waals surface area (Å²) >= 11 is 4.65. The minimum Gasteiger partial charge on any atom is -0.352 e. The molecule has 122 valence electrons. The van der Waals surface area contributed by atoms with Crippen molar-refractivity contribution >= 4 is 40.8 Å². The summed E-state index contributed by atoms with van der Waals surface area (Å²) in [5, 5.41) is 11.3. The lowest BCUT2D eigenvalue weighted by molar-refractivity contribution is -0.121. The summed E-state index contributed by atoms with van der Waals surface area (Å²) in [5.74, 6) is 2.58. The van der Waals surface area contributed by atoms with Crippen molar-refractivity contribution in [3.8, 4) is 0 Å². The first-order valence-electron chi connectivity index (χ1n) is 7.91. The standard InChI is InChI=1S/C15H23N3OS3/c1-8(12-7-10-4-5-11(12)6-10)16-13(19)9(2)21-15-18-17-14(20-3)22-15/h8-12H,4-7H2,1-3H3,(H,16,19)/t8-,9-,10+,11+,12-/m1/s1. The lowest BCUT2D eigenvalue weighted by Gasteiger charge is -2.29. The van der Waals surface area contributed by atoms with Crippen LogP contribution in [0.5, 0.6) is 0 Å². The fourth-order valence-corrected chi connectivity index (χ4v) is 6.48. The molecular formula is C15H23N3OS3. The van der Waals surface area contributed by atoms with Crippen molar-refractivity contribution in [2.75, 3.05) is 6.26 Å². The zero-order chi connectivity index (χ0) is 15.7. The Hall–Kier alpha value is -0.270. The van der Waals surface area contributed by atoms with Crippen LogP contribution in [0.3, 0.4) is 0 Å². The number of nitrogens with zero attached hydrogens (tertiary/aromatic N) is 2. The number of rotatable bonds is 6. The number of carbonyl (C=O) groups excluding carboxylic acids is 1. The molecule has 2 saturated carbocycles. The van der Waals surface area contributed by atoms with E-state index in [4.69, 9.17) is 0 Å². The molecule has 2 aliphatic rings. The largest absolute Gasteiger partial charge is 0.352 e. The molecule has 2 fully saturated rings. The van der Waals surface area contributed by atoms with Gasteiger partial charge in [-0.2, -0.15) is 0 Å². The average Bonchev–Trinajstić information content (AvgIpc) is 3.22. The van der Waals surface area contributed by atoms with Crippen LogP contribution in [0.25, 0.3) is 0 Å².